The Kier molecular flexibility index (Phi) is 4.62. The van der Waals surface area contributed by atoms with Gasteiger partial charge in [-0.2, -0.15) is 0 Å². The van der Waals surface area contributed by atoms with E-state index < -0.39 is 17.8 Å². The Balaban J connectivity index is 1.87. The van der Waals surface area contributed by atoms with Crippen molar-refractivity contribution in [3.8, 4) is 0 Å². The number of aliphatic carboxylic acids is 1. The topological polar surface area (TPSA) is 95.5 Å². The zero-order valence-corrected chi connectivity index (χ0v) is 11.7. The van der Waals surface area contributed by atoms with Gasteiger partial charge in [0.1, 0.15) is 0 Å². The van der Waals surface area contributed by atoms with Crippen molar-refractivity contribution in [1.29, 1.82) is 0 Å². The van der Waals surface area contributed by atoms with Gasteiger partial charge in [0.2, 0.25) is 11.8 Å². The van der Waals surface area contributed by atoms with Gasteiger partial charge in [-0.3, -0.25) is 14.4 Å². The molecule has 1 aliphatic carbocycles. The maximum atomic E-state index is 12.2. The standard InChI is InChI=1S/C14H22N2O4/c1-2-8-5-10(11(6-8)14(19)20)13(18)15-7-9-3-4-12(17)16-9/h8-11H,2-7H2,1H3,(H,15,18)(H,16,17)(H,19,20). The van der Waals surface area contributed by atoms with Crippen LogP contribution in [0.4, 0.5) is 0 Å². The predicted molar refractivity (Wildman–Crippen MR) is 71.8 cm³/mol. The molecule has 20 heavy (non-hydrogen) atoms. The largest absolute Gasteiger partial charge is 0.481 e. The number of rotatable bonds is 5. The molecule has 2 aliphatic rings. The predicted octanol–water partition coefficient (Wildman–Crippen LogP) is 0.518. The Morgan fingerprint density at radius 1 is 1.35 bits per heavy atom. The van der Waals surface area contributed by atoms with Gasteiger partial charge in [-0.15, -0.1) is 0 Å². The molecule has 112 valence electrons. The van der Waals surface area contributed by atoms with Crippen LogP contribution >= 0.6 is 0 Å². The highest BCUT2D eigenvalue weighted by Crippen LogP contribution is 2.38. The quantitative estimate of drug-likeness (QED) is 0.685. The van der Waals surface area contributed by atoms with Crippen LogP contribution in [0, 0.1) is 17.8 Å². The molecule has 1 saturated heterocycles. The van der Waals surface area contributed by atoms with Crippen LogP contribution in [0.2, 0.25) is 0 Å². The summed E-state index contributed by atoms with van der Waals surface area (Å²) in [6.45, 7) is 2.42. The number of carbonyl (C=O) groups excluding carboxylic acids is 2. The summed E-state index contributed by atoms with van der Waals surface area (Å²) in [4.78, 5) is 34.5. The van der Waals surface area contributed by atoms with Crippen molar-refractivity contribution < 1.29 is 19.5 Å². The fourth-order valence-electron chi connectivity index (χ4n) is 3.22. The highest BCUT2D eigenvalue weighted by molar-refractivity contribution is 5.85. The summed E-state index contributed by atoms with van der Waals surface area (Å²) in [5.74, 6) is -1.74. The minimum atomic E-state index is -0.879. The lowest BCUT2D eigenvalue weighted by atomic mass is 9.95. The second-order valence-corrected chi connectivity index (χ2v) is 5.85. The molecule has 2 fully saturated rings. The number of nitrogens with one attached hydrogen (secondary N) is 2. The monoisotopic (exact) mass is 282 g/mol. The molecule has 0 aromatic heterocycles. The van der Waals surface area contributed by atoms with E-state index in [0.29, 0.717) is 31.7 Å². The van der Waals surface area contributed by atoms with Gasteiger partial charge in [0.25, 0.3) is 0 Å². The first-order valence-corrected chi connectivity index (χ1v) is 7.31. The van der Waals surface area contributed by atoms with E-state index in [9.17, 15) is 19.5 Å². The molecule has 4 unspecified atom stereocenters. The zero-order chi connectivity index (χ0) is 14.7. The van der Waals surface area contributed by atoms with Crippen LogP contribution in [-0.4, -0.2) is 35.5 Å². The summed E-state index contributed by atoms with van der Waals surface area (Å²) in [6.07, 6.45) is 3.37. The molecule has 4 atom stereocenters. The van der Waals surface area contributed by atoms with Crippen molar-refractivity contribution in [2.75, 3.05) is 6.54 Å². The Labute approximate surface area is 118 Å². The first-order valence-electron chi connectivity index (χ1n) is 7.31. The smallest absolute Gasteiger partial charge is 0.307 e. The molecule has 2 rings (SSSR count). The van der Waals surface area contributed by atoms with Gasteiger partial charge < -0.3 is 15.7 Å². The van der Waals surface area contributed by atoms with E-state index in [1.54, 1.807) is 0 Å². The van der Waals surface area contributed by atoms with Crippen LogP contribution in [0.5, 0.6) is 0 Å². The average Bonchev–Trinajstić information content (AvgIpc) is 3.02. The van der Waals surface area contributed by atoms with Gasteiger partial charge in [-0.1, -0.05) is 13.3 Å². The van der Waals surface area contributed by atoms with E-state index in [1.165, 1.54) is 0 Å². The summed E-state index contributed by atoms with van der Waals surface area (Å²) in [5.41, 5.74) is 0. The number of amides is 2. The highest BCUT2D eigenvalue weighted by Gasteiger charge is 2.42. The molecule has 3 N–H and O–H groups in total. The van der Waals surface area contributed by atoms with Crippen LogP contribution in [0.15, 0.2) is 0 Å². The summed E-state index contributed by atoms with van der Waals surface area (Å²) in [7, 11) is 0. The number of carbonyl (C=O) groups is 3. The summed E-state index contributed by atoms with van der Waals surface area (Å²) in [6, 6.07) is -0.0156. The van der Waals surface area contributed by atoms with Crippen LogP contribution in [-0.2, 0) is 14.4 Å². The molecular formula is C14H22N2O4. The molecule has 0 aromatic rings. The normalized spacial score (nSPS) is 33.0. The van der Waals surface area contributed by atoms with Crippen LogP contribution in [0.3, 0.4) is 0 Å². The summed E-state index contributed by atoms with van der Waals surface area (Å²) < 4.78 is 0. The number of carboxylic acids is 1. The fraction of sp³-hybridized carbons (Fsp3) is 0.786. The Bertz CT molecular complexity index is 410. The first-order chi connectivity index (χ1) is 9.51. The van der Waals surface area contributed by atoms with Crippen LogP contribution in [0.25, 0.3) is 0 Å². The third kappa shape index (κ3) is 3.29. The maximum Gasteiger partial charge on any atom is 0.307 e. The zero-order valence-electron chi connectivity index (χ0n) is 11.7. The molecular weight excluding hydrogens is 260 g/mol. The second-order valence-electron chi connectivity index (χ2n) is 5.85. The van der Waals surface area contributed by atoms with Crippen molar-refractivity contribution in [2.24, 2.45) is 17.8 Å². The van der Waals surface area contributed by atoms with Gasteiger partial charge >= 0.3 is 5.97 Å². The van der Waals surface area contributed by atoms with E-state index in [0.717, 1.165) is 12.8 Å². The Morgan fingerprint density at radius 2 is 2.05 bits per heavy atom. The van der Waals surface area contributed by atoms with E-state index in [-0.39, 0.29) is 17.9 Å². The van der Waals surface area contributed by atoms with E-state index in [4.69, 9.17) is 0 Å². The molecule has 0 radical (unpaired) electrons. The highest BCUT2D eigenvalue weighted by atomic mass is 16.4. The third-order valence-corrected chi connectivity index (χ3v) is 4.50. The van der Waals surface area contributed by atoms with Gasteiger partial charge in [-0.05, 0) is 25.2 Å². The molecule has 1 heterocycles. The second kappa shape index (κ2) is 6.24. The first kappa shape index (κ1) is 14.8. The average molecular weight is 282 g/mol. The molecule has 2 amide bonds. The van der Waals surface area contributed by atoms with Crippen molar-refractivity contribution in [1.82, 2.24) is 10.6 Å². The third-order valence-electron chi connectivity index (χ3n) is 4.50. The number of carboxylic acid groups (broad SMARTS) is 1. The molecule has 6 heteroatoms. The molecule has 1 saturated carbocycles. The lowest BCUT2D eigenvalue weighted by Gasteiger charge is -2.17. The molecule has 0 spiro atoms. The van der Waals surface area contributed by atoms with Crippen LogP contribution in [0.1, 0.15) is 39.0 Å². The van der Waals surface area contributed by atoms with Gasteiger partial charge in [0, 0.05) is 19.0 Å². The van der Waals surface area contributed by atoms with E-state index in [2.05, 4.69) is 10.6 Å². The van der Waals surface area contributed by atoms with Crippen molar-refractivity contribution in [3.63, 3.8) is 0 Å². The fourth-order valence-corrected chi connectivity index (χ4v) is 3.22. The van der Waals surface area contributed by atoms with E-state index in [1.807, 2.05) is 6.92 Å². The van der Waals surface area contributed by atoms with Crippen LogP contribution < -0.4 is 10.6 Å². The van der Waals surface area contributed by atoms with Gasteiger partial charge in [-0.25, -0.2) is 0 Å². The lowest BCUT2D eigenvalue weighted by molar-refractivity contribution is -0.146. The van der Waals surface area contributed by atoms with Gasteiger partial charge in [0.15, 0.2) is 0 Å². The SMILES string of the molecule is CCC1CC(C(=O)O)C(C(=O)NCC2CCC(=O)N2)C1. The summed E-state index contributed by atoms with van der Waals surface area (Å²) >= 11 is 0. The minimum Gasteiger partial charge on any atom is -0.481 e. The number of hydrogen-bond donors (Lipinski definition) is 3. The van der Waals surface area contributed by atoms with E-state index >= 15 is 0 Å². The Hall–Kier alpha value is -1.59. The molecule has 0 aromatic carbocycles. The Morgan fingerprint density at radius 3 is 2.60 bits per heavy atom. The van der Waals surface area contributed by atoms with Crippen molar-refractivity contribution >= 4 is 17.8 Å². The van der Waals surface area contributed by atoms with Crippen molar-refractivity contribution in [3.05, 3.63) is 0 Å². The maximum absolute atomic E-state index is 12.2. The summed E-state index contributed by atoms with van der Waals surface area (Å²) in [5, 5.41) is 14.8. The molecule has 1 aliphatic heterocycles. The number of hydrogen-bond acceptors (Lipinski definition) is 3. The van der Waals surface area contributed by atoms with Crippen molar-refractivity contribution in [2.45, 2.75) is 45.1 Å². The minimum absolute atomic E-state index is 0.0135. The molecule has 0 bridgehead atoms. The lowest BCUT2D eigenvalue weighted by Crippen LogP contribution is -2.42. The van der Waals surface area contributed by atoms with Gasteiger partial charge in [0.05, 0.1) is 11.8 Å². The molecule has 6 nitrogen and oxygen atoms in total.